The predicted octanol–water partition coefficient (Wildman–Crippen LogP) is 2.64. The Morgan fingerprint density at radius 1 is 1.23 bits per heavy atom. The van der Waals surface area contributed by atoms with E-state index in [1.807, 2.05) is 12.1 Å². The molecule has 0 spiro atoms. The third kappa shape index (κ3) is 3.15. The van der Waals surface area contributed by atoms with Crippen LogP contribution in [0.2, 0.25) is 0 Å². The molecule has 0 saturated carbocycles. The monoisotopic (exact) mass is 182 g/mol. The SMILES string of the molecule is CC(O)Cc1ccc(C(C)F)cc1. The molecule has 0 fully saturated rings. The molecule has 1 N–H and O–H groups in total. The van der Waals surface area contributed by atoms with Crippen LogP contribution in [-0.2, 0) is 6.42 Å². The Balaban J connectivity index is 2.70. The number of benzene rings is 1. The largest absolute Gasteiger partial charge is 0.393 e. The Labute approximate surface area is 78.2 Å². The summed E-state index contributed by atoms with van der Waals surface area (Å²) in [6.45, 7) is 3.26. The second kappa shape index (κ2) is 4.38. The fourth-order valence-electron chi connectivity index (χ4n) is 1.26. The highest BCUT2D eigenvalue weighted by molar-refractivity contribution is 5.24. The summed E-state index contributed by atoms with van der Waals surface area (Å²) in [5.74, 6) is 0. The number of alkyl halides is 1. The maximum atomic E-state index is 12.8. The van der Waals surface area contributed by atoms with Crippen molar-refractivity contribution >= 4 is 0 Å². The number of hydrogen-bond donors (Lipinski definition) is 1. The van der Waals surface area contributed by atoms with Gasteiger partial charge in [0.2, 0.25) is 0 Å². The third-order valence-corrected chi connectivity index (χ3v) is 1.97. The van der Waals surface area contributed by atoms with Crippen molar-refractivity contribution in [3.05, 3.63) is 35.4 Å². The molecule has 0 amide bonds. The fourth-order valence-corrected chi connectivity index (χ4v) is 1.26. The van der Waals surface area contributed by atoms with Crippen LogP contribution < -0.4 is 0 Å². The number of rotatable bonds is 3. The summed E-state index contributed by atoms with van der Waals surface area (Å²) in [4.78, 5) is 0. The number of hydrogen-bond acceptors (Lipinski definition) is 1. The highest BCUT2D eigenvalue weighted by Gasteiger charge is 2.03. The second-order valence-electron chi connectivity index (χ2n) is 3.41. The molecule has 2 unspecified atom stereocenters. The van der Waals surface area contributed by atoms with Gasteiger partial charge in [-0.1, -0.05) is 24.3 Å². The summed E-state index contributed by atoms with van der Waals surface area (Å²) in [7, 11) is 0. The molecular weight excluding hydrogens is 167 g/mol. The standard InChI is InChI=1S/C11H15FO/c1-8(13)7-10-3-5-11(6-4-10)9(2)12/h3-6,8-9,13H,7H2,1-2H3. The molecule has 13 heavy (non-hydrogen) atoms. The normalized spacial score (nSPS) is 15.4. The Kier molecular flexibility index (Phi) is 3.43. The molecule has 0 aliphatic rings. The molecule has 2 heteroatoms. The molecule has 0 aliphatic heterocycles. The molecule has 0 aliphatic carbocycles. The van der Waals surface area contributed by atoms with Gasteiger partial charge in [-0.2, -0.15) is 0 Å². The minimum Gasteiger partial charge on any atom is -0.393 e. The summed E-state index contributed by atoms with van der Waals surface area (Å²) < 4.78 is 12.8. The van der Waals surface area contributed by atoms with Crippen LogP contribution in [-0.4, -0.2) is 11.2 Å². The summed E-state index contributed by atoms with van der Waals surface area (Å²) in [6, 6.07) is 7.25. The highest BCUT2D eigenvalue weighted by Crippen LogP contribution is 2.17. The fraction of sp³-hybridized carbons (Fsp3) is 0.455. The van der Waals surface area contributed by atoms with Crippen molar-refractivity contribution in [2.45, 2.75) is 32.5 Å². The van der Waals surface area contributed by atoms with Crippen LogP contribution >= 0.6 is 0 Å². The zero-order valence-electron chi connectivity index (χ0n) is 8.00. The average Bonchev–Trinajstić information content (AvgIpc) is 2.04. The first kappa shape index (κ1) is 10.2. The van der Waals surface area contributed by atoms with Crippen LogP contribution in [0.1, 0.15) is 31.1 Å². The molecule has 0 heterocycles. The van der Waals surface area contributed by atoms with Gasteiger partial charge >= 0.3 is 0 Å². The highest BCUT2D eigenvalue weighted by atomic mass is 19.1. The van der Waals surface area contributed by atoms with Crippen LogP contribution in [0.25, 0.3) is 0 Å². The molecule has 0 aromatic heterocycles. The van der Waals surface area contributed by atoms with Gasteiger partial charge in [-0.3, -0.25) is 0 Å². The van der Waals surface area contributed by atoms with Crippen LogP contribution in [0.5, 0.6) is 0 Å². The van der Waals surface area contributed by atoms with Gasteiger partial charge in [0.25, 0.3) is 0 Å². The minimum absolute atomic E-state index is 0.339. The zero-order valence-corrected chi connectivity index (χ0v) is 8.00. The van der Waals surface area contributed by atoms with Crippen molar-refractivity contribution in [2.24, 2.45) is 0 Å². The van der Waals surface area contributed by atoms with E-state index < -0.39 is 6.17 Å². The number of aliphatic hydroxyl groups excluding tert-OH is 1. The maximum Gasteiger partial charge on any atom is 0.122 e. The van der Waals surface area contributed by atoms with Crippen molar-refractivity contribution in [1.82, 2.24) is 0 Å². The van der Waals surface area contributed by atoms with E-state index in [4.69, 9.17) is 5.11 Å². The molecule has 1 aromatic carbocycles. The van der Waals surface area contributed by atoms with E-state index in [1.54, 1.807) is 19.1 Å². The minimum atomic E-state index is -0.916. The Morgan fingerprint density at radius 3 is 2.15 bits per heavy atom. The second-order valence-corrected chi connectivity index (χ2v) is 3.41. The van der Waals surface area contributed by atoms with Gasteiger partial charge in [0, 0.05) is 0 Å². The maximum absolute atomic E-state index is 12.8. The molecular formula is C11H15FO. The lowest BCUT2D eigenvalue weighted by Gasteiger charge is -2.06. The molecule has 72 valence electrons. The quantitative estimate of drug-likeness (QED) is 0.761. The van der Waals surface area contributed by atoms with E-state index in [0.717, 1.165) is 5.56 Å². The third-order valence-electron chi connectivity index (χ3n) is 1.97. The van der Waals surface area contributed by atoms with Crippen LogP contribution in [0.3, 0.4) is 0 Å². The average molecular weight is 182 g/mol. The van der Waals surface area contributed by atoms with Crippen molar-refractivity contribution < 1.29 is 9.50 Å². The Bertz CT molecular complexity index is 251. The van der Waals surface area contributed by atoms with Crippen molar-refractivity contribution in [3.63, 3.8) is 0 Å². The lowest BCUT2D eigenvalue weighted by molar-refractivity contribution is 0.195. The van der Waals surface area contributed by atoms with E-state index >= 15 is 0 Å². The predicted molar refractivity (Wildman–Crippen MR) is 51.3 cm³/mol. The van der Waals surface area contributed by atoms with E-state index in [1.165, 1.54) is 6.92 Å². The van der Waals surface area contributed by atoms with Gasteiger partial charge in [-0.15, -0.1) is 0 Å². The topological polar surface area (TPSA) is 20.2 Å². The van der Waals surface area contributed by atoms with E-state index in [2.05, 4.69) is 0 Å². The van der Waals surface area contributed by atoms with E-state index in [0.29, 0.717) is 12.0 Å². The van der Waals surface area contributed by atoms with Crippen molar-refractivity contribution in [2.75, 3.05) is 0 Å². The summed E-state index contributed by atoms with van der Waals surface area (Å²) in [5.41, 5.74) is 1.73. The smallest absolute Gasteiger partial charge is 0.122 e. The molecule has 1 rings (SSSR count). The Morgan fingerprint density at radius 2 is 1.77 bits per heavy atom. The first-order valence-corrected chi connectivity index (χ1v) is 4.50. The van der Waals surface area contributed by atoms with Crippen LogP contribution in [0, 0.1) is 0 Å². The number of aliphatic hydroxyl groups is 1. The lowest BCUT2D eigenvalue weighted by atomic mass is 10.0. The zero-order chi connectivity index (χ0) is 9.84. The van der Waals surface area contributed by atoms with Gasteiger partial charge in [0.1, 0.15) is 6.17 Å². The number of halogens is 1. The van der Waals surface area contributed by atoms with Gasteiger partial charge < -0.3 is 5.11 Å². The van der Waals surface area contributed by atoms with Gasteiger partial charge in [0.05, 0.1) is 6.10 Å². The summed E-state index contributed by atoms with van der Waals surface area (Å²) >= 11 is 0. The van der Waals surface area contributed by atoms with E-state index in [9.17, 15) is 4.39 Å². The summed E-state index contributed by atoms with van der Waals surface area (Å²) in [6.07, 6.45) is -0.629. The van der Waals surface area contributed by atoms with Crippen molar-refractivity contribution in [1.29, 1.82) is 0 Å². The molecule has 1 nitrogen and oxygen atoms in total. The molecule has 0 radical (unpaired) electrons. The van der Waals surface area contributed by atoms with Gasteiger partial charge in [-0.05, 0) is 31.4 Å². The van der Waals surface area contributed by atoms with Gasteiger partial charge in [-0.25, -0.2) is 4.39 Å². The summed E-state index contributed by atoms with van der Waals surface area (Å²) in [5, 5.41) is 9.11. The first-order chi connectivity index (χ1) is 6.09. The molecule has 2 atom stereocenters. The van der Waals surface area contributed by atoms with Crippen molar-refractivity contribution in [3.8, 4) is 0 Å². The van der Waals surface area contributed by atoms with Gasteiger partial charge in [0.15, 0.2) is 0 Å². The van der Waals surface area contributed by atoms with Crippen LogP contribution in [0.4, 0.5) is 4.39 Å². The lowest BCUT2D eigenvalue weighted by Crippen LogP contribution is -2.03. The Hall–Kier alpha value is -0.890. The van der Waals surface area contributed by atoms with Crippen LogP contribution in [0.15, 0.2) is 24.3 Å². The van der Waals surface area contributed by atoms with E-state index in [-0.39, 0.29) is 6.10 Å². The molecule has 0 bridgehead atoms. The molecule has 0 saturated heterocycles. The molecule has 1 aromatic rings. The first-order valence-electron chi connectivity index (χ1n) is 4.50.